The van der Waals surface area contributed by atoms with Gasteiger partial charge in [-0.1, -0.05) is 49.5 Å². The number of rotatable bonds is 4. The van der Waals surface area contributed by atoms with Crippen molar-refractivity contribution in [3.05, 3.63) is 77.1 Å². The normalized spacial score (nSPS) is 18.6. The highest BCUT2D eigenvalue weighted by Crippen LogP contribution is 2.38. The summed E-state index contributed by atoms with van der Waals surface area (Å²) in [7, 11) is 0. The zero-order valence-electron chi connectivity index (χ0n) is 17.5. The number of fused-ring (bicyclic) bond motifs is 1. The molecule has 1 nitrogen and oxygen atoms in total. The van der Waals surface area contributed by atoms with E-state index in [2.05, 4.69) is 35.6 Å². The fourth-order valence-electron chi connectivity index (χ4n) is 4.42. The van der Waals surface area contributed by atoms with Crippen molar-refractivity contribution in [3.63, 3.8) is 0 Å². The average Bonchev–Trinajstić information content (AvgIpc) is 2.79. The van der Waals surface area contributed by atoms with Gasteiger partial charge in [0.15, 0.2) is 0 Å². The van der Waals surface area contributed by atoms with E-state index in [0.29, 0.717) is 22.4 Å². The standard InChI is InChI=1S/C27H25F3O/c1-2-18-3-8-20(9-4-18)22-13-16-25-23(17-22)12-11-21(26(25)28)10-5-19-6-14-24(15-7-19)31-27(29)30/h6-7,11-18,20,27H,2-4,8-9H2,1H3. The average molecular weight is 422 g/mol. The summed E-state index contributed by atoms with van der Waals surface area (Å²) in [6.45, 7) is -0.600. The number of ether oxygens (including phenoxy) is 1. The van der Waals surface area contributed by atoms with Crippen molar-refractivity contribution < 1.29 is 17.9 Å². The summed E-state index contributed by atoms with van der Waals surface area (Å²) < 4.78 is 43.8. The Balaban J connectivity index is 1.53. The third-order valence-electron chi connectivity index (χ3n) is 6.29. The molecule has 0 amide bonds. The molecule has 1 fully saturated rings. The summed E-state index contributed by atoms with van der Waals surface area (Å²) in [6, 6.07) is 15.7. The molecule has 0 heterocycles. The summed E-state index contributed by atoms with van der Waals surface area (Å²) >= 11 is 0. The van der Waals surface area contributed by atoms with Gasteiger partial charge in [-0.15, -0.1) is 0 Å². The van der Waals surface area contributed by atoms with Gasteiger partial charge in [0.2, 0.25) is 0 Å². The van der Waals surface area contributed by atoms with Gasteiger partial charge in [-0.2, -0.15) is 8.78 Å². The molecule has 4 heteroatoms. The predicted octanol–water partition coefficient (Wildman–Crippen LogP) is 7.66. The molecule has 4 rings (SSSR count). The number of alkyl halides is 2. The molecule has 3 aromatic rings. The van der Waals surface area contributed by atoms with Crippen LogP contribution in [0.15, 0.2) is 54.6 Å². The molecule has 1 saturated carbocycles. The van der Waals surface area contributed by atoms with Crippen LogP contribution in [0, 0.1) is 23.6 Å². The summed E-state index contributed by atoms with van der Waals surface area (Å²) in [6.07, 6.45) is 6.22. The van der Waals surface area contributed by atoms with Gasteiger partial charge < -0.3 is 4.74 Å². The molecule has 0 aromatic heterocycles. The molecule has 1 aliphatic carbocycles. The Morgan fingerprint density at radius 1 is 0.935 bits per heavy atom. The topological polar surface area (TPSA) is 9.23 Å². The summed E-state index contributed by atoms with van der Waals surface area (Å²) in [4.78, 5) is 0. The monoisotopic (exact) mass is 422 g/mol. The van der Waals surface area contributed by atoms with E-state index in [1.54, 1.807) is 18.2 Å². The van der Waals surface area contributed by atoms with E-state index in [1.807, 2.05) is 12.1 Å². The van der Waals surface area contributed by atoms with Gasteiger partial charge in [-0.25, -0.2) is 4.39 Å². The molecule has 0 aliphatic heterocycles. The van der Waals surface area contributed by atoms with Crippen LogP contribution in [0.2, 0.25) is 0 Å². The summed E-state index contributed by atoms with van der Waals surface area (Å²) in [5.41, 5.74) is 2.21. The Labute approximate surface area is 181 Å². The van der Waals surface area contributed by atoms with E-state index < -0.39 is 6.61 Å². The van der Waals surface area contributed by atoms with Crippen LogP contribution in [0.25, 0.3) is 10.8 Å². The van der Waals surface area contributed by atoms with Crippen molar-refractivity contribution >= 4 is 10.8 Å². The van der Waals surface area contributed by atoms with E-state index in [9.17, 15) is 8.78 Å². The Morgan fingerprint density at radius 3 is 2.35 bits per heavy atom. The minimum Gasteiger partial charge on any atom is -0.435 e. The second-order valence-electron chi connectivity index (χ2n) is 8.19. The number of hydrogen-bond donors (Lipinski definition) is 0. The SMILES string of the molecule is CCC1CCC(c2ccc3c(F)c(C#Cc4ccc(OC(F)F)cc4)ccc3c2)CC1. The third-order valence-corrected chi connectivity index (χ3v) is 6.29. The maximum atomic E-state index is 15.0. The molecule has 0 radical (unpaired) electrons. The molecule has 0 saturated heterocycles. The number of halogens is 3. The highest BCUT2D eigenvalue weighted by molar-refractivity contribution is 5.85. The lowest BCUT2D eigenvalue weighted by Gasteiger charge is -2.28. The van der Waals surface area contributed by atoms with Crippen molar-refractivity contribution in [3.8, 4) is 17.6 Å². The van der Waals surface area contributed by atoms with Crippen LogP contribution in [0.5, 0.6) is 5.75 Å². The molecule has 31 heavy (non-hydrogen) atoms. The second kappa shape index (κ2) is 9.47. The van der Waals surface area contributed by atoms with Gasteiger partial charge in [0, 0.05) is 10.9 Å². The highest BCUT2D eigenvalue weighted by atomic mass is 19.3. The van der Waals surface area contributed by atoms with Crippen LogP contribution in [0.4, 0.5) is 13.2 Å². The van der Waals surface area contributed by atoms with E-state index in [-0.39, 0.29) is 11.6 Å². The highest BCUT2D eigenvalue weighted by Gasteiger charge is 2.21. The lowest BCUT2D eigenvalue weighted by molar-refractivity contribution is -0.0498. The number of hydrogen-bond acceptors (Lipinski definition) is 1. The first kappa shape index (κ1) is 21.3. The molecule has 0 unspecified atom stereocenters. The van der Waals surface area contributed by atoms with Crippen LogP contribution < -0.4 is 4.74 Å². The molecule has 0 N–H and O–H groups in total. The van der Waals surface area contributed by atoms with Crippen LogP contribution in [0.3, 0.4) is 0 Å². The number of benzene rings is 3. The fraction of sp³-hybridized carbons (Fsp3) is 0.333. The van der Waals surface area contributed by atoms with Crippen LogP contribution in [0.1, 0.15) is 61.6 Å². The molecule has 160 valence electrons. The van der Waals surface area contributed by atoms with Gasteiger partial charge in [0.1, 0.15) is 11.6 Å². The fourth-order valence-corrected chi connectivity index (χ4v) is 4.42. The first-order valence-corrected chi connectivity index (χ1v) is 10.8. The molecular weight excluding hydrogens is 397 g/mol. The van der Waals surface area contributed by atoms with E-state index in [0.717, 1.165) is 11.3 Å². The van der Waals surface area contributed by atoms with Crippen molar-refractivity contribution in [1.29, 1.82) is 0 Å². The van der Waals surface area contributed by atoms with Crippen molar-refractivity contribution in [2.24, 2.45) is 5.92 Å². The zero-order valence-corrected chi connectivity index (χ0v) is 17.5. The largest absolute Gasteiger partial charge is 0.435 e. The molecule has 1 aliphatic rings. The lowest BCUT2D eigenvalue weighted by Crippen LogP contribution is -2.12. The molecule has 3 aromatic carbocycles. The van der Waals surface area contributed by atoms with Crippen LogP contribution >= 0.6 is 0 Å². The second-order valence-corrected chi connectivity index (χ2v) is 8.19. The maximum absolute atomic E-state index is 15.0. The van der Waals surface area contributed by atoms with E-state index in [1.165, 1.54) is 49.8 Å². The van der Waals surface area contributed by atoms with Gasteiger partial charge in [-0.05, 0) is 78.8 Å². The van der Waals surface area contributed by atoms with Crippen LogP contribution in [-0.4, -0.2) is 6.61 Å². The van der Waals surface area contributed by atoms with E-state index in [4.69, 9.17) is 0 Å². The minimum absolute atomic E-state index is 0.0661. The molecule has 0 atom stereocenters. The van der Waals surface area contributed by atoms with Crippen LogP contribution in [-0.2, 0) is 0 Å². The molecule has 0 bridgehead atoms. The Morgan fingerprint density at radius 2 is 1.68 bits per heavy atom. The van der Waals surface area contributed by atoms with Gasteiger partial charge in [0.25, 0.3) is 0 Å². The predicted molar refractivity (Wildman–Crippen MR) is 118 cm³/mol. The first-order chi connectivity index (χ1) is 15.0. The minimum atomic E-state index is -2.87. The summed E-state index contributed by atoms with van der Waals surface area (Å²) in [5, 5.41) is 1.46. The van der Waals surface area contributed by atoms with Crippen molar-refractivity contribution in [2.45, 2.75) is 51.6 Å². The first-order valence-electron chi connectivity index (χ1n) is 10.8. The van der Waals surface area contributed by atoms with Gasteiger partial charge >= 0.3 is 6.61 Å². The maximum Gasteiger partial charge on any atom is 0.387 e. The smallest absolute Gasteiger partial charge is 0.387 e. The molecule has 0 spiro atoms. The lowest BCUT2D eigenvalue weighted by atomic mass is 9.77. The van der Waals surface area contributed by atoms with E-state index >= 15 is 4.39 Å². The molecular formula is C27H25F3O. The van der Waals surface area contributed by atoms with Gasteiger partial charge in [-0.3, -0.25) is 0 Å². The van der Waals surface area contributed by atoms with Crippen molar-refractivity contribution in [2.75, 3.05) is 0 Å². The van der Waals surface area contributed by atoms with Crippen molar-refractivity contribution in [1.82, 2.24) is 0 Å². The Kier molecular flexibility index (Phi) is 6.51. The van der Waals surface area contributed by atoms with Gasteiger partial charge in [0.05, 0.1) is 5.56 Å². The zero-order chi connectivity index (χ0) is 21.8. The Bertz CT molecular complexity index is 1100. The quantitative estimate of drug-likeness (QED) is 0.392. The third kappa shape index (κ3) is 5.05. The Hall–Kier alpha value is -2.93. The summed E-state index contributed by atoms with van der Waals surface area (Å²) in [5.74, 6) is 6.89.